The number of nitrogens with zero attached hydrogens (tertiary/aromatic N) is 2. The van der Waals surface area contributed by atoms with Crippen LogP contribution in [-0.4, -0.2) is 53.3 Å². The highest BCUT2D eigenvalue weighted by atomic mass is 16.6. The van der Waals surface area contributed by atoms with E-state index >= 15 is 0 Å². The quantitative estimate of drug-likeness (QED) is 0.222. The van der Waals surface area contributed by atoms with Crippen molar-refractivity contribution in [3.8, 4) is 0 Å². The minimum atomic E-state index is -0.940. The number of amides is 2. The Bertz CT molecular complexity index is 792. The largest absolute Gasteiger partial charge is 0.466 e. The lowest BCUT2D eigenvalue weighted by Crippen LogP contribution is -2.57. The van der Waals surface area contributed by atoms with Crippen LogP contribution in [0.4, 0.5) is 5.69 Å². The van der Waals surface area contributed by atoms with Crippen LogP contribution >= 0.6 is 0 Å². The number of esters is 1. The number of non-ortho nitro benzene ring substituents is 1. The summed E-state index contributed by atoms with van der Waals surface area (Å²) in [6, 6.07) is 4.91. The van der Waals surface area contributed by atoms with Crippen LogP contribution < -0.4 is 5.32 Å². The predicted octanol–water partition coefficient (Wildman–Crippen LogP) is 2.06. The number of hydrogen-bond donors (Lipinski definition) is 1. The molecule has 2 rings (SSSR count). The van der Waals surface area contributed by atoms with Gasteiger partial charge in [0.1, 0.15) is 6.04 Å². The maximum atomic E-state index is 12.6. The summed E-state index contributed by atoms with van der Waals surface area (Å²) in [7, 11) is 0. The maximum Gasteiger partial charge on any atom is 0.308 e. The third-order valence-electron chi connectivity index (χ3n) is 4.48. The summed E-state index contributed by atoms with van der Waals surface area (Å²) in [6.45, 7) is 2.88. The Labute approximate surface area is 168 Å². The first kappa shape index (κ1) is 22.1. The van der Waals surface area contributed by atoms with Gasteiger partial charge in [-0.3, -0.25) is 24.5 Å². The number of carbonyl (C=O) groups excluding carboxylic acids is 3. The van der Waals surface area contributed by atoms with Crippen LogP contribution in [0.25, 0.3) is 6.08 Å². The van der Waals surface area contributed by atoms with Crippen molar-refractivity contribution < 1.29 is 24.0 Å². The van der Waals surface area contributed by atoms with E-state index in [2.05, 4.69) is 5.32 Å². The van der Waals surface area contributed by atoms with Crippen molar-refractivity contribution in [1.82, 2.24) is 10.2 Å². The van der Waals surface area contributed by atoms with Gasteiger partial charge in [0, 0.05) is 31.3 Å². The lowest BCUT2D eigenvalue weighted by molar-refractivity contribution is -0.384. The number of benzene rings is 1. The van der Waals surface area contributed by atoms with E-state index in [9.17, 15) is 24.5 Å². The summed E-state index contributed by atoms with van der Waals surface area (Å²) in [4.78, 5) is 48.5. The van der Waals surface area contributed by atoms with Crippen molar-refractivity contribution >= 4 is 29.5 Å². The van der Waals surface area contributed by atoms with Gasteiger partial charge in [-0.2, -0.15) is 0 Å². The van der Waals surface area contributed by atoms with E-state index < -0.39 is 28.7 Å². The number of ether oxygens (including phenoxy) is 1. The number of unbranched alkanes of at least 4 members (excludes halogenated alkanes) is 2. The van der Waals surface area contributed by atoms with Gasteiger partial charge in [0.25, 0.3) is 5.69 Å². The summed E-state index contributed by atoms with van der Waals surface area (Å²) < 4.78 is 5.15. The second-order valence-electron chi connectivity index (χ2n) is 6.66. The van der Waals surface area contributed by atoms with Crippen LogP contribution in [0.5, 0.6) is 0 Å². The molecule has 1 aliphatic heterocycles. The number of piperazine rings is 1. The first-order valence-corrected chi connectivity index (χ1v) is 9.59. The molecule has 1 aromatic rings. The fourth-order valence-electron chi connectivity index (χ4n) is 2.94. The van der Waals surface area contributed by atoms with E-state index in [1.165, 1.54) is 35.3 Å². The van der Waals surface area contributed by atoms with Gasteiger partial charge in [-0.25, -0.2) is 0 Å². The lowest BCUT2D eigenvalue weighted by atomic mass is 10.1. The Kier molecular flexibility index (Phi) is 8.32. The topological polar surface area (TPSA) is 119 Å². The van der Waals surface area contributed by atoms with E-state index in [1.807, 2.05) is 6.92 Å². The summed E-state index contributed by atoms with van der Waals surface area (Å²) in [5.41, 5.74) is 0.404. The van der Waals surface area contributed by atoms with Crippen molar-refractivity contribution in [3.63, 3.8) is 0 Å². The molecule has 0 aromatic heterocycles. The van der Waals surface area contributed by atoms with Crippen LogP contribution in [0.15, 0.2) is 30.3 Å². The molecule has 156 valence electrons. The minimum absolute atomic E-state index is 0.0827. The number of nitro groups is 1. The molecule has 1 aliphatic rings. The molecule has 9 heteroatoms. The minimum Gasteiger partial charge on any atom is -0.466 e. The molecule has 0 bridgehead atoms. The second-order valence-corrected chi connectivity index (χ2v) is 6.66. The molecule has 1 heterocycles. The van der Waals surface area contributed by atoms with Gasteiger partial charge in [-0.05, 0) is 18.1 Å². The fourth-order valence-corrected chi connectivity index (χ4v) is 2.94. The van der Waals surface area contributed by atoms with Crippen molar-refractivity contribution in [1.29, 1.82) is 0 Å². The van der Waals surface area contributed by atoms with Gasteiger partial charge < -0.3 is 15.0 Å². The maximum absolute atomic E-state index is 12.6. The van der Waals surface area contributed by atoms with Gasteiger partial charge in [0.15, 0.2) is 0 Å². The highest BCUT2D eigenvalue weighted by Gasteiger charge is 2.34. The van der Waals surface area contributed by atoms with E-state index in [4.69, 9.17) is 4.74 Å². The standard InChI is InChI=1S/C20H25N3O6/c1-2-3-4-12-29-19(25)14-17-20(26)21-10-11-22(17)18(24)9-8-15-6-5-7-16(13-15)23(27)28/h5-9,13,17H,2-4,10-12,14H2,1H3,(H,21,26)/b9-8+. The number of carbonyl (C=O) groups is 3. The van der Waals surface area contributed by atoms with E-state index in [0.717, 1.165) is 19.3 Å². The first-order chi connectivity index (χ1) is 13.9. The van der Waals surface area contributed by atoms with Crippen LogP contribution in [0, 0.1) is 10.1 Å². The zero-order chi connectivity index (χ0) is 21.2. The molecule has 1 saturated heterocycles. The molecule has 1 aromatic carbocycles. The average molecular weight is 403 g/mol. The lowest BCUT2D eigenvalue weighted by Gasteiger charge is -2.33. The number of nitrogens with one attached hydrogen (secondary N) is 1. The Balaban J connectivity index is 2.02. The normalized spacial score (nSPS) is 16.5. The van der Waals surface area contributed by atoms with Gasteiger partial charge in [0.2, 0.25) is 11.8 Å². The molecule has 0 aliphatic carbocycles. The Hall–Kier alpha value is -3.23. The number of rotatable bonds is 9. The molecule has 1 fully saturated rings. The molecule has 2 amide bonds. The predicted molar refractivity (Wildman–Crippen MR) is 106 cm³/mol. The average Bonchev–Trinajstić information content (AvgIpc) is 2.71. The summed E-state index contributed by atoms with van der Waals surface area (Å²) in [5.74, 6) is -1.38. The van der Waals surface area contributed by atoms with Crippen LogP contribution in [0.1, 0.15) is 38.2 Å². The SMILES string of the molecule is CCCCCOC(=O)CC1C(=O)NCCN1C(=O)/C=C/c1cccc([N+](=O)[O-])c1. The number of hydrogen-bond acceptors (Lipinski definition) is 6. The fraction of sp³-hybridized carbons (Fsp3) is 0.450. The number of nitro benzene ring substituents is 1. The van der Waals surface area contributed by atoms with Crippen molar-refractivity contribution in [3.05, 3.63) is 46.0 Å². The van der Waals surface area contributed by atoms with E-state index in [1.54, 1.807) is 6.07 Å². The van der Waals surface area contributed by atoms with Gasteiger partial charge in [0.05, 0.1) is 18.0 Å². The van der Waals surface area contributed by atoms with Crippen LogP contribution in [0.2, 0.25) is 0 Å². The summed E-state index contributed by atoms with van der Waals surface area (Å²) in [5, 5.41) is 13.5. The highest BCUT2D eigenvalue weighted by molar-refractivity contribution is 5.97. The van der Waals surface area contributed by atoms with Crippen LogP contribution in [-0.2, 0) is 19.1 Å². The molecule has 0 radical (unpaired) electrons. The third-order valence-corrected chi connectivity index (χ3v) is 4.48. The van der Waals surface area contributed by atoms with Crippen LogP contribution in [0.3, 0.4) is 0 Å². The van der Waals surface area contributed by atoms with Gasteiger partial charge in [-0.1, -0.05) is 31.9 Å². The van der Waals surface area contributed by atoms with Crippen molar-refractivity contribution in [2.75, 3.05) is 19.7 Å². The molecule has 1 atom stereocenters. The third kappa shape index (κ3) is 6.70. The van der Waals surface area contributed by atoms with E-state index in [-0.39, 0.29) is 25.2 Å². The zero-order valence-corrected chi connectivity index (χ0v) is 16.3. The summed E-state index contributed by atoms with van der Waals surface area (Å²) in [6.07, 6.45) is 5.19. The monoisotopic (exact) mass is 403 g/mol. The Morgan fingerprint density at radius 3 is 2.90 bits per heavy atom. The smallest absolute Gasteiger partial charge is 0.308 e. The van der Waals surface area contributed by atoms with Crippen molar-refractivity contribution in [2.24, 2.45) is 0 Å². The second kappa shape index (κ2) is 10.9. The molecule has 9 nitrogen and oxygen atoms in total. The highest BCUT2D eigenvalue weighted by Crippen LogP contribution is 2.16. The Morgan fingerprint density at radius 1 is 1.38 bits per heavy atom. The van der Waals surface area contributed by atoms with Crippen molar-refractivity contribution in [2.45, 2.75) is 38.6 Å². The molecular weight excluding hydrogens is 378 g/mol. The molecule has 1 unspecified atom stereocenters. The van der Waals surface area contributed by atoms with Gasteiger partial charge in [-0.15, -0.1) is 0 Å². The Morgan fingerprint density at radius 2 is 2.17 bits per heavy atom. The molecule has 0 saturated carbocycles. The van der Waals surface area contributed by atoms with E-state index in [0.29, 0.717) is 12.2 Å². The molecular formula is C20H25N3O6. The van der Waals surface area contributed by atoms with Gasteiger partial charge >= 0.3 is 5.97 Å². The molecule has 0 spiro atoms. The molecule has 1 N–H and O–H groups in total. The molecule has 29 heavy (non-hydrogen) atoms. The summed E-state index contributed by atoms with van der Waals surface area (Å²) >= 11 is 0. The first-order valence-electron chi connectivity index (χ1n) is 9.59. The zero-order valence-electron chi connectivity index (χ0n) is 16.3.